The molecule has 5 nitrogen and oxygen atoms in total. The van der Waals surface area contributed by atoms with E-state index in [4.69, 9.17) is 0 Å². The summed E-state index contributed by atoms with van der Waals surface area (Å²) in [6.45, 7) is 0. The first kappa shape index (κ1) is 36.0. The smallest absolute Gasteiger partial charge is 0.307 e. The molecule has 0 aliphatic rings. The van der Waals surface area contributed by atoms with Crippen LogP contribution in [0.25, 0.3) is 88.4 Å². The molecule has 0 unspecified atom stereocenters. The van der Waals surface area contributed by atoms with E-state index in [1.807, 2.05) is 72.8 Å². The topological polar surface area (TPSA) is 81.2 Å². The third kappa shape index (κ3) is 5.85. The molecule has 10 aromatic rings. The van der Waals surface area contributed by atoms with Crippen molar-refractivity contribution in [2.24, 2.45) is 0 Å². The highest BCUT2D eigenvalue weighted by Crippen LogP contribution is 2.43. The number of hydrogen-bond acceptors (Lipinski definition) is 3. The van der Waals surface area contributed by atoms with Crippen LogP contribution in [0.15, 0.2) is 170 Å². The number of rotatable bonds is 5. The minimum atomic E-state index is -4.59. The summed E-state index contributed by atoms with van der Waals surface area (Å²) in [5.41, 5.74) is 9.52. The second kappa shape index (κ2) is 13.9. The van der Waals surface area contributed by atoms with Gasteiger partial charge >= 0.3 is 6.18 Å². The molecule has 0 N–H and O–H groups in total. The molecule has 0 amide bonds. The first-order valence-electron chi connectivity index (χ1n) is 19.1. The molecule has 0 spiro atoms. The lowest BCUT2D eigenvalue weighted by Gasteiger charge is -2.20. The lowest BCUT2D eigenvalue weighted by Crippen LogP contribution is -2.07. The van der Waals surface area contributed by atoms with Gasteiger partial charge in [-0.2, -0.15) is 29.0 Å². The van der Waals surface area contributed by atoms with Crippen LogP contribution < -0.4 is 0 Å². The maximum absolute atomic E-state index is 14.2. The second-order valence-electron chi connectivity index (χ2n) is 14.6. The van der Waals surface area contributed by atoms with E-state index in [-0.39, 0.29) is 11.1 Å². The van der Waals surface area contributed by atoms with Crippen molar-refractivity contribution in [2.75, 3.05) is 0 Å². The quantitative estimate of drug-likeness (QED) is 0.174. The normalized spacial score (nSPS) is 11.5. The number of benzene rings is 8. The standard InChI is InChI=1S/C52H28F3N5/c53-52(54,55)40-7-5-6-38(24-40)45-28-51(60-47-11-4-2-9-42(47)44-23-21-37(26-49(44)60)35-18-14-33(30-57)15-19-35)50(27-39(45)31-58)59-46-10-3-1-8-41(46)43-22-20-36(25-48(43)59)34-16-12-32(29-56)13-17-34/h1-28H. The third-order valence-corrected chi connectivity index (χ3v) is 11.3. The molecule has 0 saturated carbocycles. The average Bonchev–Trinajstić information content (AvgIpc) is 3.80. The van der Waals surface area contributed by atoms with Crippen molar-refractivity contribution in [3.8, 4) is 63.0 Å². The minimum absolute atomic E-state index is 0.210. The zero-order valence-corrected chi connectivity index (χ0v) is 31.5. The highest BCUT2D eigenvalue weighted by atomic mass is 19.4. The summed E-state index contributed by atoms with van der Waals surface area (Å²) >= 11 is 0. The Kier molecular flexibility index (Phi) is 8.35. The lowest BCUT2D eigenvalue weighted by atomic mass is 9.96. The number of aromatic nitrogens is 2. The third-order valence-electron chi connectivity index (χ3n) is 11.3. The van der Waals surface area contributed by atoms with Crippen LogP contribution in [0.3, 0.4) is 0 Å². The van der Waals surface area contributed by atoms with E-state index in [0.717, 1.165) is 78.0 Å². The summed E-state index contributed by atoms with van der Waals surface area (Å²) in [6, 6.07) is 58.7. The summed E-state index contributed by atoms with van der Waals surface area (Å²) in [7, 11) is 0. The van der Waals surface area contributed by atoms with E-state index in [1.165, 1.54) is 6.07 Å². The predicted octanol–water partition coefficient (Wildman–Crippen LogP) is 13.5. The van der Waals surface area contributed by atoms with Crippen LogP contribution in [-0.2, 0) is 6.18 Å². The molecule has 0 aliphatic carbocycles. The van der Waals surface area contributed by atoms with E-state index in [0.29, 0.717) is 28.1 Å². The maximum Gasteiger partial charge on any atom is 0.416 e. The molecule has 0 bridgehead atoms. The number of halogens is 3. The van der Waals surface area contributed by atoms with Gasteiger partial charge in [-0.15, -0.1) is 0 Å². The van der Waals surface area contributed by atoms with Crippen molar-refractivity contribution in [1.82, 2.24) is 9.13 Å². The number of nitriles is 3. The molecule has 10 rings (SSSR count). The highest BCUT2D eigenvalue weighted by Gasteiger charge is 2.31. The average molecular weight is 780 g/mol. The van der Waals surface area contributed by atoms with E-state index < -0.39 is 11.7 Å². The van der Waals surface area contributed by atoms with E-state index in [9.17, 15) is 29.0 Å². The van der Waals surface area contributed by atoms with Gasteiger partial charge in [-0.05, 0) is 101 Å². The Morgan fingerprint density at radius 3 is 1.33 bits per heavy atom. The first-order valence-corrected chi connectivity index (χ1v) is 19.1. The van der Waals surface area contributed by atoms with Crippen LogP contribution >= 0.6 is 0 Å². The molecular weight excluding hydrogens is 752 g/mol. The molecular formula is C52H28F3N5. The van der Waals surface area contributed by atoms with Gasteiger partial charge in [-0.1, -0.05) is 97.1 Å². The van der Waals surface area contributed by atoms with Gasteiger partial charge in [-0.3, -0.25) is 0 Å². The first-order chi connectivity index (χ1) is 29.2. The zero-order valence-electron chi connectivity index (χ0n) is 31.5. The van der Waals surface area contributed by atoms with Gasteiger partial charge in [0.1, 0.15) is 0 Å². The monoisotopic (exact) mass is 779 g/mol. The minimum Gasteiger partial charge on any atom is -0.307 e. The molecule has 0 radical (unpaired) electrons. The van der Waals surface area contributed by atoms with Crippen molar-refractivity contribution < 1.29 is 13.2 Å². The molecule has 282 valence electrons. The van der Waals surface area contributed by atoms with Crippen LogP contribution in [0.4, 0.5) is 13.2 Å². The van der Waals surface area contributed by atoms with E-state index >= 15 is 0 Å². The number of alkyl halides is 3. The van der Waals surface area contributed by atoms with Crippen LogP contribution in [0.1, 0.15) is 22.3 Å². The van der Waals surface area contributed by atoms with E-state index in [1.54, 1.807) is 36.4 Å². The van der Waals surface area contributed by atoms with Crippen molar-refractivity contribution in [3.05, 3.63) is 192 Å². The zero-order chi connectivity index (χ0) is 41.1. The van der Waals surface area contributed by atoms with Crippen LogP contribution in [-0.4, -0.2) is 9.13 Å². The predicted molar refractivity (Wildman–Crippen MR) is 231 cm³/mol. The Morgan fingerprint density at radius 2 is 0.850 bits per heavy atom. The SMILES string of the molecule is N#Cc1ccc(-c2ccc3c4ccccc4n(-c4cc(C#N)c(-c5cccc(C(F)(F)F)c5)cc4-n4c5ccccc5c5ccc(-c6ccc(C#N)cc6)cc54)c3c2)cc1. The Labute approximate surface area is 341 Å². The Morgan fingerprint density at radius 1 is 0.383 bits per heavy atom. The molecule has 8 heteroatoms. The molecule has 0 atom stereocenters. The molecule has 0 aliphatic heterocycles. The van der Waals surface area contributed by atoms with Gasteiger partial charge in [0.15, 0.2) is 0 Å². The van der Waals surface area contributed by atoms with Gasteiger partial charge in [-0.25, -0.2) is 0 Å². The Hall–Kier alpha value is -8.38. The second-order valence-corrected chi connectivity index (χ2v) is 14.6. The molecule has 8 aromatic carbocycles. The Bertz CT molecular complexity index is 3500. The summed E-state index contributed by atoms with van der Waals surface area (Å²) in [5, 5.41) is 33.6. The fourth-order valence-corrected chi connectivity index (χ4v) is 8.42. The largest absolute Gasteiger partial charge is 0.416 e. The van der Waals surface area contributed by atoms with Crippen LogP contribution in [0, 0.1) is 34.0 Å². The maximum atomic E-state index is 14.2. The van der Waals surface area contributed by atoms with Crippen LogP contribution in [0.2, 0.25) is 0 Å². The summed E-state index contributed by atoms with van der Waals surface area (Å²) in [5.74, 6) is 0. The van der Waals surface area contributed by atoms with Gasteiger partial charge in [0.2, 0.25) is 0 Å². The summed E-state index contributed by atoms with van der Waals surface area (Å²) in [4.78, 5) is 0. The molecule has 2 aromatic heterocycles. The van der Waals surface area contributed by atoms with Gasteiger partial charge in [0.05, 0.1) is 73.9 Å². The molecule has 0 fully saturated rings. The fourth-order valence-electron chi connectivity index (χ4n) is 8.42. The van der Waals surface area contributed by atoms with Crippen molar-refractivity contribution in [2.45, 2.75) is 6.18 Å². The highest BCUT2D eigenvalue weighted by molar-refractivity contribution is 6.13. The molecule has 0 saturated heterocycles. The number of para-hydroxylation sites is 2. The Balaban J connectivity index is 1.34. The van der Waals surface area contributed by atoms with Gasteiger partial charge < -0.3 is 9.13 Å². The lowest BCUT2D eigenvalue weighted by molar-refractivity contribution is -0.137. The molecule has 60 heavy (non-hydrogen) atoms. The number of fused-ring (bicyclic) bond motifs is 6. The van der Waals surface area contributed by atoms with Gasteiger partial charge in [0, 0.05) is 27.1 Å². The fraction of sp³-hybridized carbons (Fsp3) is 0.0192. The number of hydrogen-bond donors (Lipinski definition) is 0. The van der Waals surface area contributed by atoms with Crippen molar-refractivity contribution in [3.63, 3.8) is 0 Å². The summed E-state index contributed by atoms with van der Waals surface area (Å²) < 4.78 is 46.8. The van der Waals surface area contributed by atoms with Crippen molar-refractivity contribution >= 4 is 43.6 Å². The van der Waals surface area contributed by atoms with Crippen LogP contribution in [0.5, 0.6) is 0 Å². The molecule has 2 heterocycles. The van der Waals surface area contributed by atoms with Gasteiger partial charge in [0.25, 0.3) is 0 Å². The van der Waals surface area contributed by atoms with Crippen molar-refractivity contribution in [1.29, 1.82) is 15.8 Å². The summed E-state index contributed by atoms with van der Waals surface area (Å²) in [6.07, 6.45) is -4.59. The number of nitrogens with zero attached hydrogens (tertiary/aromatic N) is 5. The van der Waals surface area contributed by atoms with E-state index in [2.05, 4.69) is 69.8 Å².